The highest BCUT2D eigenvalue weighted by molar-refractivity contribution is 5.73. The lowest BCUT2D eigenvalue weighted by Crippen LogP contribution is -2.21. The van der Waals surface area contributed by atoms with E-state index in [1.165, 1.54) is 11.2 Å². The molecule has 0 radical (unpaired) electrons. The molecule has 9 heteroatoms. The molecule has 3 atom stereocenters. The highest BCUT2D eigenvalue weighted by atomic mass is 19.4. The van der Waals surface area contributed by atoms with Crippen molar-refractivity contribution in [1.82, 2.24) is 20.1 Å². The maximum Gasteiger partial charge on any atom is 0.490 e. The summed E-state index contributed by atoms with van der Waals surface area (Å²) in [5.74, 6) is -0.477. The number of hydrogen-bond donors (Lipinski definition) is 2. The zero-order valence-electron chi connectivity index (χ0n) is 11.3. The number of halogens is 3. The predicted octanol–water partition coefficient (Wildman–Crippen LogP) is 1.30. The van der Waals surface area contributed by atoms with Crippen molar-refractivity contribution in [3.05, 3.63) is 30.1 Å². The smallest absolute Gasteiger partial charge is 0.475 e. The molecule has 1 aliphatic carbocycles. The Morgan fingerprint density at radius 2 is 1.95 bits per heavy atom. The molecular formula is C13H13F3N4O2. The lowest BCUT2D eigenvalue weighted by atomic mass is 10.2. The maximum atomic E-state index is 10.6. The third-order valence-corrected chi connectivity index (χ3v) is 4.00. The van der Waals surface area contributed by atoms with Gasteiger partial charge in [-0.3, -0.25) is 0 Å². The fourth-order valence-corrected chi connectivity index (χ4v) is 2.92. The Bertz CT molecular complexity index is 690. The Kier molecular flexibility index (Phi) is 3.51. The van der Waals surface area contributed by atoms with Crippen LogP contribution in [0.1, 0.15) is 11.6 Å². The third kappa shape index (κ3) is 2.63. The molecule has 22 heavy (non-hydrogen) atoms. The molecule has 2 aromatic rings. The summed E-state index contributed by atoms with van der Waals surface area (Å²) < 4.78 is 33.6. The molecule has 2 aromatic heterocycles. The van der Waals surface area contributed by atoms with Crippen LogP contribution < -0.4 is 5.32 Å². The van der Waals surface area contributed by atoms with Crippen LogP contribution in [0.25, 0.3) is 5.52 Å². The Balaban J connectivity index is 0.000000178. The Labute approximate surface area is 122 Å². The van der Waals surface area contributed by atoms with Gasteiger partial charge in [-0.15, -0.1) is 5.10 Å². The largest absolute Gasteiger partial charge is 0.490 e. The molecule has 2 N–H and O–H groups in total. The fourth-order valence-electron chi connectivity index (χ4n) is 2.92. The van der Waals surface area contributed by atoms with Crippen LogP contribution in [0.15, 0.2) is 24.4 Å². The standard InChI is InChI=1S/C11H12N4.C2HF3O2/c1-2-4-15-9(3-1)11(13-14-15)10-7-5-12-6-8(7)10;3-2(4,5)1(6)7/h1-4,7-8,10,12H,5-6H2;(H,6,7)/t7-,8+,10?;. The molecule has 3 heterocycles. The molecule has 4 rings (SSSR count). The molecule has 0 spiro atoms. The number of carboxylic acid groups (broad SMARTS) is 1. The molecule has 2 aliphatic rings. The van der Waals surface area contributed by atoms with Crippen LogP contribution in [0, 0.1) is 11.8 Å². The minimum atomic E-state index is -5.08. The van der Waals surface area contributed by atoms with Gasteiger partial charge < -0.3 is 10.4 Å². The van der Waals surface area contributed by atoms with Crippen LogP contribution in [0.2, 0.25) is 0 Å². The lowest BCUT2D eigenvalue weighted by molar-refractivity contribution is -0.192. The van der Waals surface area contributed by atoms with Gasteiger partial charge in [-0.05, 0) is 37.1 Å². The number of nitrogens with one attached hydrogen (secondary N) is 1. The molecule has 2 fully saturated rings. The summed E-state index contributed by atoms with van der Waals surface area (Å²) in [5.41, 5.74) is 2.38. The molecule has 0 bridgehead atoms. The van der Waals surface area contributed by atoms with Crippen LogP contribution in [0.4, 0.5) is 13.2 Å². The number of hydrogen-bond acceptors (Lipinski definition) is 4. The van der Waals surface area contributed by atoms with E-state index < -0.39 is 12.1 Å². The van der Waals surface area contributed by atoms with Crippen LogP contribution in [-0.2, 0) is 4.79 Å². The number of piperidine rings is 1. The van der Waals surface area contributed by atoms with Gasteiger partial charge in [-0.25, -0.2) is 9.31 Å². The first kappa shape index (κ1) is 14.8. The number of carboxylic acids is 1. The average molecular weight is 314 g/mol. The molecule has 118 valence electrons. The molecule has 6 nitrogen and oxygen atoms in total. The number of pyridine rings is 1. The van der Waals surface area contributed by atoms with Gasteiger partial charge in [-0.1, -0.05) is 11.3 Å². The number of nitrogens with zero attached hydrogens (tertiary/aromatic N) is 3. The van der Waals surface area contributed by atoms with Gasteiger partial charge >= 0.3 is 12.1 Å². The number of fused-ring (bicyclic) bond motifs is 2. The van der Waals surface area contributed by atoms with Crippen molar-refractivity contribution in [2.45, 2.75) is 12.1 Å². The quantitative estimate of drug-likeness (QED) is 0.829. The van der Waals surface area contributed by atoms with E-state index in [0.717, 1.165) is 24.9 Å². The van der Waals surface area contributed by atoms with Crippen molar-refractivity contribution < 1.29 is 23.1 Å². The summed E-state index contributed by atoms with van der Waals surface area (Å²) in [6.45, 7) is 2.31. The molecule has 1 unspecified atom stereocenters. The van der Waals surface area contributed by atoms with Gasteiger partial charge in [0.2, 0.25) is 0 Å². The number of rotatable bonds is 1. The van der Waals surface area contributed by atoms with Crippen molar-refractivity contribution in [1.29, 1.82) is 0 Å². The van der Waals surface area contributed by atoms with Crippen molar-refractivity contribution >= 4 is 11.5 Å². The van der Waals surface area contributed by atoms with E-state index in [2.05, 4.69) is 27.8 Å². The van der Waals surface area contributed by atoms with E-state index in [9.17, 15) is 13.2 Å². The second kappa shape index (κ2) is 5.24. The third-order valence-electron chi connectivity index (χ3n) is 4.00. The monoisotopic (exact) mass is 314 g/mol. The van der Waals surface area contributed by atoms with Crippen LogP contribution in [0.3, 0.4) is 0 Å². The highest BCUT2D eigenvalue weighted by Gasteiger charge is 2.55. The van der Waals surface area contributed by atoms with Gasteiger partial charge in [0.05, 0.1) is 11.2 Å². The topological polar surface area (TPSA) is 79.5 Å². The van der Waals surface area contributed by atoms with Gasteiger partial charge in [0.15, 0.2) is 0 Å². The average Bonchev–Trinajstić information content (AvgIpc) is 2.86. The summed E-state index contributed by atoms with van der Waals surface area (Å²) in [5, 5.41) is 19.0. The van der Waals surface area contributed by atoms with Crippen LogP contribution in [-0.4, -0.2) is 45.2 Å². The van der Waals surface area contributed by atoms with Gasteiger partial charge in [0, 0.05) is 12.1 Å². The van der Waals surface area contributed by atoms with Gasteiger partial charge in [-0.2, -0.15) is 13.2 Å². The Morgan fingerprint density at radius 3 is 2.55 bits per heavy atom. The van der Waals surface area contributed by atoms with Crippen molar-refractivity contribution in [3.8, 4) is 0 Å². The summed E-state index contributed by atoms with van der Waals surface area (Å²) in [6, 6.07) is 6.15. The summed E-state index contributed by atoms with van der Waals surface area (Å²) >= 11 is 0. The van der Waals surface area contributed by atoms with E-state index >= 15 is 0 Å². The summed E-state index contributed by atoms with van der Waals surface area (Å²) in [4.78, 5) is 8.90. The van der Waals surface area contributed by atoms with E-state index in [4.69, 9.17) is 9.90 Å². The zero-order chi connectivity index (χ0) is 15.9. The minimum Gasteiger partial charge on any atom is -0.475 e. The predicted molar refractivity (Wildman–Crippen MR) is 69.3 cm³/mol. The Hall–Kier alpha value is -2.16. The summed E-state index contributed by atoms with van der Waals surface area (Å²) in [7, 11) is 0. The lowest BCUT2D eigenvalue weighted by Gasteiger charge is -2.00. The van der Waals surface area contributed by atoms with Crippen LogP contribution in [0.5, 0.6) is 0 Å². The van der Waals surface area contributed by atoms with Crippen molar-refractivity contribution in [3.63, 3.8) is 0 Å². The second-order valence-corrected chi connectivity index (χ2v) is 5.32. The number of carbonyl (C=O) groups is 1. The van der Waals surface area contributed by atoms with E-state index in [1.54, 1.807) is 0 Å². The molecule has 0 aromatic carbocycles. The second-order valence-electron chi connectivity index (χ2n) is 5.32. The van der Waals surface area contributed by atoms with Gasteiger partial charge in [0.25, 0.3) is 0 Å². The van der Waals surface area contributed by atoms with E-state index in [-0.39, 0.29) is 0 Å². The first-order valence-electron chi connectivity index (χ1n) is 6.70. The molecule has 1 saturated carbocycles. The fraction of sp³-hybridized carbons (Fsp3) is 0.462. The molecular weight excluding hydrogens is 301 g/mol. The van der Waals surface area contributed by atoms with E-state index in [0.29, 0.717) is 5.92 Å². The zero-order valence-corrected chi connectivity index (χ0v) is 11.3. The molecule has 1 aliphatic heterocycles. The molecule has 1 saturated heterocycles. The number of alkyl halides is 3. The van der Waals surface area contributed by atoms with Gasteiger partial charge in [0.1, 0.15) is 0 Å². The number of aromatic nitrogens is 3. The maximum absolute atomic E-state index is 10.6. The number of aliphatic carboxylic acids is 1. The highest BCUT2D eigenvalue weighted by Crippen LogP contribution is 2.55. The normalized spacial score (nSPS) is 26.2. The SMILES string of the molecule is O=C(O)C(F)(F)F.c1ccn2nnc(C3[C@H]4CNC[C@@H]34)c2c1. The first-order valence-corrected chi connectivity index (χ1v) is 6.70. The van der Waals surface area contributed by atoms with Crippen LogP contribution >= 0.6 is 0 Å². The van der Waals surface area contributed by atoms with Crippen molar-refractivity contribution in [2.24, 2.45) is 11.8 Å². The minimum absolute atomic E-state index is 0.658. The molecule has 0 amide bonds. The Morgan fingerprint density at radius 1 is 1.32 bits per heavy atom. The summed E-state index contributed by atoms with van der Waals surface area (Å²) in [6.07, 6.45) is -3.12. The van der Waals surface area contributed by atoms with E-state index in [1.807, 2.05) is 16.8 Å². The van der Waals surface area contributed by atoms with Crippen molar-refractivity contribution in [2.75, 3.05) is 13.1 Å². The first-order chi connectivity index (χ1) is 10.4.